The van der Waals surface area contributed by atoms with Crippen molar-refractivity contribution in [2.45, 2.75) is 26.2 Å². The number of nitrogens with zero attached hydrogens (tertiary/aromatic N) is 4. The van der Waals surface area contributed by atoms with Gasteiger partial charge in [0.15, 0.2) is 0 Å². The lowest BCUT2D eigenvalue weighted by Gasteiger charge is -2.10. The van der Waals surface area contributed by atoms with Crippen LogP contribution in [0.15, 0.2) is 49.1 Å². The number of rotatable bonds is 5. The van der Waals surface area contributed by atoms with Crippen LogP contribution >= 0.6 is 0 Å². The van der Waals surface area contributed by atoms with Crippen molar-refractivity contribution in [1.29, 1.82) is 0 Å². The molecule has 10 heteroatoms. The standard InChI is InChI=1S/C17H17F3N6O/c1-2-25-9-12(7-21-25)10-26-11-15(8-22-26)24-16(27)23-14-5-3-4-13(6-14)17(18,19)20/h3-9,11H,2,10H2,1H3,(H2,23,24,27). The highest BCUT2D eigenvalue weighted by atomic mass is 19.4. The zero-order valence-electron chi connectivity index (χ0n) is 14.4. The van der Waals surface area contributed by atoms with Crippen LogP contribution in [0.4, 0.5) is 29.3 Å². The predicted molar refractivity (Wildman–Crippen MR) is 93.3 cm³/mol. The molecule has 0 aliphatic carbocycles. The summed E-state index contributed by atoms with van der Waals surface area (Å²) in [5.74, 6) is 0. The van der Waals surface area contributed by atoms with Crippen LogP contribution in [0.25, 0.3) is 0 Å². The highest BCUT2D eigenvalue weighted by Gasteiger charge is 2.30. The Bertz CT molecular complexity index is 931. The SMILES string of the molecule is CCn1cc(Cn2cc(NC(=O)Nc3cccc(C(F)(F)F)c3)cn2)cn1. The Balaban J connectivity index is 1.59. The minimum atomic E-state index is -4.47. The predicted octanol–water partition coefficient (Wildman–Crippen LogP) is 3.81. The Labute approximate surface area is 152 Å². The molecule has 27 heavy (non-hydrogen) atoms. The number of hydrogen-bond acceptors (Lipinski definition) is 3. The third-order valence-corrected chi connectivity index (χ3v) is 3.69. The van der Waals surface area contributed by atoms with Crippen LogP contribution in [0.5, 0.6) is 0 Å². The summed E-state index contributed by atoms with van der Waals surface area (Å²) in [4.78, 5) is 12.0. The number of hydrogen-bond donors (Lipinski definition) is 2. The van der Waals surface area contributed by atoms with Crippen LogP contribution in [0.3, 0.4) is 0 Å². The van der Waals surface area contributed by atoms with Crippen LogP contribution in [0.2, 0.25) is 0 Å². The number of anilines is 2. The number of halogens is 3. The average Bonchev–Trinajstić information content (AvgIpc) is 3.24. The van der Waals surface area contributed by atoms with E-state index >= 15 is 0 Å². The summed E-state index contributed by atoms with van der Waals surface area (Å²) in [7, 11) is 0. The maximum absolute atomic E-state index is 12.7. The molecule has 142 valence electrons. The topological polar surface area (TPSA) is 76.8 Å². The smallest absolute Gasteiger partial charge is 0.308 e. The van der Waals surface area contributed by atoms with E-state index in [1.165, 1.54) is 18.3 Å². The summed E-state index contributed by atoms with van der Waals surface area (Å²) < 4.78 is 41.6. The van der Waals surface area contributed by atoms with Crippen molar-refractivity contribution in [3.63, 3.8) is 0 Å². The van der Waals surface area contributed by atoms with Crippen molar-refractivity contribution in [2.75, 3.05) is 10.6 Å². The molecule has 0 fully saturated rings. The van der Waals surface area contributed by atoms with Crippen LogP contribution in [-0.2, 0) is 19.3 Å². The Kier molecular flexibility index (Phi) is 5.15. The molecule has 2 N–H and O–H groups in total. The van der Waals surface area contributed by atoms with Crippen molar-refractivity contribution in [1.82, 2.24) is 19.6 Å². The number of alkyl halides is 3. The van der Waals surface area contributed by atoms with Crippen LogP contribution in [-0.4, -0.2) is 25.6 Å². The molecule has 0 unspecified atom stereocenters. The molecule has 0 spiro atoms. The van der Waals surface area contributed by atoms with Gasteiger partial charge in [-0.05, 0) is 25.1 Å². The van der Waals surface area contributed by atoms with Gasteiger partial charge in [0.05, 0.1) is 30.2 Å². The third kappa shape index (κ3) is 4.87. The lowest BCUT2D eigenvalue weighted by molar-refractivity contribution is -0.137. The summed E-state index contributed by atoms with van der Waals surface area (Å²) in [6, 6.07) is 3.76. The van der Waals surface area contributed by atoms with Gasteiger partial charge >= 0.3 is 12.2 Å². The molecule has 2 amide bonds. The van der Waals surface area contributed by atoms with E-state index in [1.54, 1.807) is 21.8 Å². The number of carbonyl (C=O) groups is 1. The Hall–Kier alpha value is -3.30. The van der Waals surface area contributed by atoms with Crippen molar-refractivity contribution < 1.29 is 18.0 Å². The molecule has 0 saturated carbocycles. The van der Waals surface area contributed by atoms with E-state index in [4.69, 9.17) is 0 Å². The highest BCUT2D eigenvalue weighted by Crippen LogP contribution is 2.30. The molecule has 0 atom stereocenters. The lowest BCUT2D eigenvalue weighted by atomic mass is 10.2. The molecule has 0 aliphatic rings. The fraction of sp³-hybridized carbons (Fsp3) is 0.235. The number of amides is 2. The van der Waals surface area contributed by atoms with Gasteiger partial charge in [0.25, 0.3) is 0 Å². The number of benzene rings is 1. The van der Waals surface area contributed by atoms with Gasteiger partial charge in [0.2, 0.25) is 0 Å². The molecule has 0 aliphatic heterocycles. The Morgan fingerprint density at radius 1 is 1.07 bits per heavy atom. The summed E-state index contributed by atoms with van der Waals surface area (Å²) in [5.41, 5.74) is 0.588. The first-order valence-electron chi connectivity index (χ1n) is 8.12. The molecule has 0 bridgehead atoms. The maximum Gasteiger partial charge on any atom is 0.416 e. The quantitative estimate of drug-likeness (QED) is 0.709. The third-order valence-electron chi connectivity index (χ3n) is 3.69. The van der Waals surface area contributed by atoms with Gasteiger partial charge in [-0.25, -0.2) is 4.79 Å². The van der Waals surface area contributed by atoms with E-state index in [9.17, 15) is 18.0 Å². The van der Waals surface area contributed by atoms with E-state index < -0.39 is 17.8 Å². The highest BCUT2D eigenvalue weighted by molar-refractivity contribution is 5.99. The minimum absolute atomic E-state index is 0.0432. The second-order valence-electron chi connectivity index (χ2n) is 5.79. The monoisotopic (exact) mass is 378 g/mol. The summed E-state index contributed by atoms with van der Waals surface area (Å²) in [6.07, 6.45) is 2.24. The largest absolute Gasteiger partial charge is 0.416 e. The number of aromatic nitrogens is 4. The molecule has 7 nitrogen and oxygen atoms in total. The second-order valence-corrected chi connectivity index (χ2v) is 5.79. The van der Waals surface area contributed by atoms with Crippen molar-refractivity contribution in [2.24, 2.45) is 0 Å². The molecule has 2 aromatic heterocycles. The first-order valence-corrected chi connectivity index (χ1v) is 8.12. The fourth-order valence-electron chi connectivity index (χ4n) is 2.43. The zero-order chi connectivity index (χ0) is 19.4. The van der Waals surface area contributed by atoms with Gasteiger partial charge in [0.1, 0.15) is 0 Å². The molecule has 0 radical (unpaired) electrons. The first-order chi connectivity index (χ1) is 12.8. The molecule has 0 saturated heterocycles. The fourth-order valence-corrected chi connectivity index (χ4v) is 2.43. The normalized spacial score (nSPS) is 11.4. The van der Waals surface area contributed by atoms with Gasteiger partial charge in [-0.1, -0.05) is 6.07 Å². The van der Waals surface area contributed by atoms with Gasteiger partial charge in [-0.2, -0.15) is 23.4 Å². The van der Waals surface area contributed by atoms with E-state index in [0.717, 1.165) is 24.2 Å². The van der Waals surface area contributed by atoms with Crippen LogP contribution in [0.1, 0.15) is 18.1 Å². The van der Waals surface area contributed by atoms with E-state index in [2.05, 4.69) is 20.8 Å². The maximum atomic E-state index is 12.7. The van der Waals surface area contributed by atoms with Gasteiger partial charge in [0, 0.05) is 30.2 Å². The average molecular weight is 378 g/mol. The molecular weight excluding hydrogens is 361 g/mol. The van der Waals surface area contributed by atoms with Crippen LogP contribution in [0, 0.1) is 0 Å². The zero-order valence-corrected chi connectivity index (χ0v) is 14.4. The Morgan fingerprint density at radius 3 is 2.52 bits per heavy atom. The number of urea groups is 1. The van der Waals surface area contributed by atoms with Crippen molar-refractivity contribution in [3.05, 3.63) is 60.2 Å². The first kappa shape index (κ1) is 18.5. The molecular formula is C17H17F3N6O. The number of carbonyl (C=O) groups excluding carboxylic acids is 1. The van der Waals surface area contributed by atoms with E-state index in [1.807, 2.05) is 13.1 Å². The van der Waals surface area contributed by atoms with Gasteiger partial charge in [-0.3, -0.25) is 9.36 Å². The van der Waals surface area contributed by atoms with Crippen molar-refractivity contribution in [3.8, 4) is 0 Å². The summed E-state index contributed by atoms with van der Waals surface area (Å²) >= 11 is 0. The molecule has 1 aromatic carbocycles. The molecule has 3 rings (SSSR count). The number of nitrogens with one attached hydrogen (secondary N) is 2. The van der Waals surface area contributed by atoms with Gasteiger partial charge < -0.3 is 10.6 Å². The summed E-state index contributed by atoms with van der Waals surface area (Å²) in [5, 5.41) is 13.2. The molecule has 3 aromatic rings. The van der Waals surface area contributed by atoms with E-state index in [0.29, 0.717) is 12.2 Å². The van der Waals surface area contributed by atoms with Gasteiger partial charge in [-0.15, -0.1) is 0 Å². The second kappa shape index (κ2) is 7.52. The number of aryl methyl sites for hydroxylation is 1. The lowest BCUT2D eigenvalue weighted by Crippen LogP contribution is -2.19. The van der Waals surface area contributed by atoms with E-state index in [-0.39, 0.29) is 5.69 Å². The Morgan fingerprint density at radius 2 is 1.81 bits per heavy atom. The van der Waals surface area contributed by atoms with Crippen molar-refractivity contribution >= 4 is 17.4 Å². The summed E-state index contributed by atoms with van der Waals surface area (Å²) in [6.45, 7) is 3.23. The van der Waals surface area contributed by atoms with Crippen LogP contribution < -0.4 is 10.6 Å². The molecule has 2 heterocycles. The minimum Gasteiger partial charge on any atom is -0.308 e.